The van der Waals surface area contributed by atoms with Gasteiger partial charge in [0.05, 0.1) is 19.6 Å². The molecule has 0 aromatic heterocycles. The maximum absolute atomic E-state index is 12.8. The van der Waals surface area contributed by atoms with Crippen LogP contribution in [-0.2, 0) is 22.6 Å². The fourth-order valence-electron chi connectivity index (χ4n) is 4.46. The van der Waals surface area contributed by atoms with Crippen molar-refractivity contribution in [2.24, 2.45) is 0 Å². The van der Waals surface area contributed by atoms with E-state index < -0.39 is 5.92 Å². The Bertz CT molecular complexity index is 1130. The molecule has 0 saturated heterocycles. The SMILES string of the molecule is C=CCC(C(=O)OC)c1c(C)ccc(OCc2ccccc2)c1-c1ccc2c(c1)CCCO2. The fourth-order valence-corrected chi connectivity index (χ4v) is 4.46. The Morgan fingerprint density at radius 2 is 1.97 bits per heavy atom. The molecule has 3 aromatic rings. The van der Waals surface area contributed by atoms with E-state index in [9.17, 15) is 4.79 Å². The van der Waals surface area contributed by atoms with Crippen molar-refractivity contribution in [3.05, 3.63) is 95.6 Å². The molecule has 4 heteroatoms. The largest absolute Gasteiger partial charge is 0.493 e. The molecule has 3 aromatic carbocycles. The van der Waals surface area contributed by atoms with Crippen molar-refractivity contribution in [2.75, 3.05) is 13.7 Å². The molecule has 1 atom stereocenters. The maximum Gasteiger partial charge on any atom is 0.313 e. The van der Waals surface area contributed by atoms with E-state index >= 15 is 0 Å². The lowest BCUT2D eigenvalue weighted by Crippen LogP contribution is -2.17. The Morgan fingerprint density at radius 1 is 1.15 bits per heavy atom. The summed E-state index contributed by atoms with van der Waals surface area (Å²) in [4.78, 5) is 12.8. The second kappa shape index (κ2) is 10.4. The highest BCUT2D eigenvalue weighted by Gasteiger charge is 2.28. The Balaban J connectivity index is 1.86. The van der Waals surface area contributed by atoms with E-state index in [-0.39, 0.29) is 5.97 Å². The topological polar surface area (TPSA) is 44.8 Å². The number of rotatable bonds is 8. The highest BCUT2D eigenvalue weighted by molar-refractivity contribution is 5.86. The van der Waals surface area contributed by atoms with Crippen LogP contribution in [-0.4, -0.2) is 19.7 Å². The zero-order valence-corrected chi connectivity index (χ0v) is 19.3. The molecule has 1 aliphatic rings. The third-order valence-corrected chi connectivity index (χ3v) is 6.10. The number of allylic oxidation sites excluding steroid dienone is 1. The summed E-state index contributed by atoms with van der Waals surface area (Å²) in [5.74, 6) is 0.937. The average molecular weight is 443 g/mol. The molecule has 0 spiro atoms. The van der Waals surface area contributed by atoms with Gasteiger partial charge in [-0.2, -0.15) is 0 Å². The molecule has 1 heterocycles. The Morgan fingerprint density at radius 3 is 2.73 bits per heavy atom. The third kappa shape index (κ3) is 4.95. The molecule has 0 bridgehead atoms. The highest BCUT2D eigenvalue weighted by Crippen LogP contribution is 2.43. The van der Waals surface area contributed by atoms with Crippen molar-refractivity contribution in [3.63, 3.8) is 0 Å². The molecule has 1 aliphatic heterocycles. The van der Waals surface area contributed by atoms with E-state index in [0.717, 1.165) is 58.8 Å². The number of benzene rings is 3. The molecule has 0 aliphatic carbocycles. The third-order valence-electron chi connectivity index (χ3n) is 6.10. The van der Waals surface area contributed by atoms with Gasteiger partial charge in [0.25, 0.3) is 0 Å². The molecule has 4 nitrogen and oxygen atoms in total. The van der Waals surface area contributed by atoms with Crippen molar-refractivity contribution >= 4 is 5.97 Å². The molecule has 33 heavy (non-hydrogen) atoms. The first kappa shape index (κ1) is 22.7. The quantitative estimate of drug-likeness (QED) is 0.299. The van der Waals surface area contributed by atoms with E-state index in [1.54, 1.807) is 6.08 Å². The van der Waals surface area contributed by atoms with Crippen molar-refractivity contribution in [2.45, 2.75) is 38.7 Å². The van der Waals surface area contributed by atoms with Gasteiger partial charge in [-0.15, -0.1) is 6.58 Å². The standard InChI is InChI=1S/C29H30O4/c1-4-9-24(29(30)31-3)27-20(2)13-15-26(33-19-21-10-6-5-7-11-21)28(27)23-14-16-25-22(18-23)12-8-17-32-25/h4-7,10-11,13-16,18,24H,1,8-9,12,17,19H2,2-3H3. The number of fused-ring (bicyclic) bond motifs is 1. The molecular formula is C29H30O4. The zero-order valence-electron chi connectivity index (χ0n) is 19.3. The summed E-state index contributed by atoms with van der Waals surface area (Å²) in [6.45, 7) is 7.09. The summed E-state index contributed by atoms with van der Waals surface area (Å²) in [5.41, 5.74) is 6.14. The number of aryl methyl sites for hydroxylation is 2. The Kier molecular flexibility index (Phi) is 7.13. The number of esters is 1. The van der Waals surface area contributed by atoms with Gasteiger partial charge < -0.3 is 14.2 Å². The van der Waals surface area contributed by atoms with Gasteiger partial charge in [0.1, 0.15) is 18.1 Å². The molecule has 0 radical (unpaired) electrons. The van der Waals surface area contributed by atoms with Crippen LogP contribution in [0.2, 0.25) is 0 Å². The molecule has 1 unspecified atom stereocenters. The van der Waals surface area contributed by atoms with E-state index in [2.05, 4.69) is 18.7 Å². The van der Waals surface area contributed by atoms with Gasteiger partial charge >= 0.3 is 5.97 Å². The predicted octanol–water partition coefficient (Wildman–Crippen LogP) is 6.40. The molecule has 0 N–H and O–H groups in total. The van der Waals surface area contributed by atoms with E-state index in [0.29, 0.717) is 13.0 Å². The van der Waals surface area contributed by atoms with Crippen LogP contribution < -0.4 is 9.47 Å². The van der Waals surface area contributed by atoms with Crippen molar-refractivity contribution in [1.29, 1.82) is 0 Å². The minimum atomic E-state index is -0.463. The summed E-state index contributed by atoms with van der Waals surface area (Å²) >= 11 is 0. The first-order valence-electron chi connectivity index (χ1n) is 11.4. The number of methoxy groups -OCH3 is 1. The molecule has 170 valence electrons. The fraction of sp³-hybridized carbons (Fsp3) is 0.276. The molecule has 0 fully saturated rings. The molecule has 4 rings (SSSR count). The summed E-state index contributed by atoms with van der Waals surface area (Å²) < 4.78 is 17.4. The van der Waals surface area contributed by atoms with Crippen LogP contribution in [0.25, 0.3) is 11.1 Å². The van der Waals surface area contributed by atoms with Gasteiger partial charge in [0, 0.05) is 5.56 Å². The van der Waals surface area contributed by atoms with Crippen LogP contribution in [0.3, 0.4) is 0 Å². The van der Waals surface area contributed by atoms with Gasteiger partial charge in [0.2, 0.25) is 0 Å². The van der Waals surface area contributed by atoms with Crippen LogP contribution in [0.5, 0.6) is 11.5 Å². The van der Waals surface area contributed by atoms with Crippen LogP contribution in [0.15, 0.2) is 73.3 Å². The normalized spacial score (nSPS) is 13.4. The number of hydrogen-bond acceptors (Lipinski definition) is 4. The molecular weight excluding hydrogens is 412 g/mol. The van der Waals surface area contributed by atoms with E-state index in [4.69, 9.17) is 14.2 Å². The Hall–Kier alpha value is -3.53. The lowest BCUT2D eigenvalue weighted by atomic mass is 9.84. The average Bonchev–Trinajstić information content (AvgIpc) is 2.86. The van der Waals surface area contributed by atoms with Crippen LogP contribution in [0.1, 0.15) is 41.0 Å². The first-order chi connectivity index (χ1) is 16.1. The van der Waals surface area contributed by atoms with Crippen molar-refractivity contribution in [1.82, 2.24) is 0 Å². The van der Waals surface area contributed by atoms with Gasteiger partial charge in [-0.05, 0) is 72.2 Å². The summed E-state index contributed by atoms with van der Waals surface area (Å²) in [7, 11) is 1.43. The van der Waals surface area contributed by atoms with Gasteiger partial charge in [0.15, 0.2) is 0 Å². The lowest BCUT2D eigenvalue weighted by molar-refractivity contribution is -0.142. The van der Waals surface area contributed by atoms with Crippen molar-refractivity contribution < 1.29 is 19.0 Å². The van der Waals surface area contributed by atoms with Crippen molar-refractivity contribution in [3.8, 4) is 22.6 Å². The second-order valence-electron chi connectivity index (χ2n) is 8.32. The molecule has 0 amide bonds. The van der Waals surface area contributed by atoms with Gasteiger partial charge in [-0.1, -0.05) is 48.5 Å². The predicted molar refractivity (Wildman–Crippen MR) is 131 cm³/mol. The minimum absolute atomic E-state index is 0.277. The van der Waals surface area contributed by atoms with Crippen LogP contribution >= 0.6 is 0 Å². The highest BCUT2D eigenvalue weighted by atomic mass is 16.5. The second-order valence-corrected chi connectivity index (χ2v) is 8.32. The zero-order chi connectivity index (χ0) is 23.2. The number of ether oxygens (including phenoxy) is 3. The van der Waals surface area contributed by atoms with E-state index in [1.807, 2.05) is 55.5 Å². The molecule has 0 saturated carbocycles. The van der Waals surface area contributed by atoms with Crippen LogP contribution in [0.4, 0.5) is 0 Å². The number of carbonyl (C=O) groups is 1. The number of hydrogen-bond donors (Lipinski definition) is 0. The smallest absolute Gasteiger partial charge is 0.313 e. The summed E-state index contributed by atoms with van der Waals surface area (Å²) in [6.07, 6.45) is 4.22. The monoisotopic (exact) mass is 442 g/mol. The van der Waals surface area contributed by atoms with E-state index in [1.165, 1.54) is 12.7 Å². The first-order valence-corrected chi connectivity index (χ1v) is 11.4. The maximum atomic E-state index is 12.8. The summed E-state index contributed by atoms with van der Waals surface area (Å²) in [5, 5.41) is 0. The minimum Gasteiger partial charge on any atom is -0.493 e. The lowest BCUT2D eigenvalue weighted by Gasteiger charge is -2.24. The van der Waals surface area contributed by atoms with Gasteiger partial charge in [-0.25, -0.2) is 0 Å². The van der Waals surface area contributed by atoms with Crippen LogP contribution in [0, 0.1) is 6.92 Å². The summed E-state index contributed by atoms with van der Waals surface area (Å²) in [6, 6.07) is 20.3. The Labute approximate surface area is 195 Å². The van der Waals surface area contributed by atoms with Gasteiger partial charge in [-0.3, -0.25) is 4.79 Å². The number of carbonyl (C=O) groups excluding carboxylic acids is 1.